The monoisotopic (exact) mass is 347 g/mol. The molecule has 0 fully saturated rings. The molecule has 0 spiro atoms. The molecule has 0 N–H and O–H groups in total. The molecule has 24 heavy (non-hydrogen) atoms. The summed E-state index contributed by atoms with van der Waals surface area (Å²) in [4.78, 5) is 24.1. The van der Waals surface area contributed by atoms with Gasteiger partial charge < -0.3 is 14.4 Å². The Morgan fingerprint density at radius 1 is 1.08 bits per heavy atom. The van der Waals surface area contributed by atoms with Crippen LogP contribution < -0.4 is 4.74 Å². The van der Waals surface area contributed by atoms with E-state index in [2.05, 4.69) is 0 Å². The number of alkyl halides is 3. The van der Waals surface area contributed by atoms with E-state index in [-0.39, 0.29) is 13.2 Å². The summed E-state index contributed by atoms with van der Waals surface area (Å²) in [5.74, 6) is -1.61. The lowest BCUT2D eigenvalue weighted by atomic mass is 10.1. The zero-order valence-electron chi connectivity index (χ0n) is 13.9. The van der Waals surface area contributed by atoms with E-state index in [0.717, 1.165) is 12.1 Å². The van der Waals surface area contributed by atoms with Crippen LogP contribution in [-0.4, -0.2) is 48.8 Å². The highest BCUT2D eigenvalue weighted by molar-refractivity contribution is 6.00. The van der Waals surface area contributed by atoms with Crippen molar-refractivity contribution >= 4 is 11.9 Å². The highest BCUT2D eigenvalue weighted by Crippen LogP contribution is 2.23. The number of likely N-dealkylation sites (N-methyl/N-ethyl adjacent to an activating group) is 1. The summed E-state index contributed by atoms with van der Waals surface area (Å²) >= 11 is 0. The lowest BCUT2D eigenvalue weighted by molar-refractivity contribution is -0.0885. The highest BCUT2D eigenvalue weighted by atomic mass is 19.4. The van der Waals surface area contributed by atoms with Gasteiger partial charge in [0.05, 0.1) is 6.54 Å². The van der Waals surface area contributed by atoms with E-state index in [1.807, 2.05) is 0 Å². The van der Waals surface area contributed by atoms with E-state index < -0.39 is 29.2 Å². The smallest absolute Gasteiger partial charge is 0.454 e. The predicted octanol–water partition coefficient (Wildman–Crippen LogP) is 3.68. The maximum absolute atomic E-state index is 12.3. The van der Waals surface area contributed by atoms with Crippen LogP contribution in [0.4, 0.5) is 18.0 Å². The molecule has 0 aliphatic heterocycles. The molecule has 0 aliphatic rings. The van der Waals surface area contributed by atoms with Gasteiger partial charge in [-0.1, -0.05) is 0 Å². The second-order valence-corrected chi connectivity index (χ2v) is 6.10. The Morgan fingerprint density at radius 2 is 1.62 bits per heavy atom. The number of hydrogen-bond acceptors (Lipinski definition) is 4. The fourth-order valence-corrected chi connectivity index (χ4v) is 1.60. The third-order valence-corrected chi connectivity index (χ3v) is 2.77. The fraction of sp³-hybridized carbons (Fsp3) is 0.500. The van der Waals surface area contributed by atoms with Crippen molar-refractivity contribution < 1.29 is 32.2 Å². The van der Waals surface area contributed by atoms with Crippen LogP contribution in [0.25, 0.3) is 0 Å². The Balaban J connectivity index is 2.49. The van der Waals surface area contributed by atoms with Gasteiger partial charge in [-0.15, -0.1) is 0 Å². The number of ketones is 1. The van der Waals surface area contributed by atoms with Gasteiger partial charge in [-0.05, 0) is 45.0 Å². The lowest BCUT2D eigenvalue weighted by Crippen LogP contribution is -2.36. The number of halogens is 3. The van der Waals surface area contributed by atoms with Crippen molar-refractivity contribution in [2.45, 2.75) is 32.5 Å². The number of ether oxygens (including phenoxy) is 2. The van der Waals surface area contributed by atoms with E-state index in [9.17, 15) is 22.8 Å². The van der Waals surface area contributed by atoms with Crippen LogP contribution in [0.15, 0.2) is 24.3 Å². The van der Waals surface area contributed by atoms with Crippen LogP contribution in [0.5, 0.6) is 5.75 Å². The molecule has 8 heteroatoms. The van der Waals surface area contributed by atoms with Gasteiger partial charge in [-0.25, -0.2) is 4.79 Å². The second kappa shape index (κ2) is 7.55. The number of nitrogens with zero attached hydrogens (tertiary/aromatic N) is 1. The molecule has 0 aliphatic carbocycles. The van der Waals surface area contributed by atoms with Gasteiger partial charge >= 0.3 is 12.3 Å². The van der Waals surface area contributed by atoms with Gasteiger partial charge in [-0.3, -0.25) is 4.79 Å². The molecule has 1 amide bonds. The van der Waals surface area contributed by atoms with E-state index in [4.69, 9.17) is 9.47 Å². The predicted molar refractivity (Wildman–Crippen MR) is 81.2 cm³/mol. The first kappa shape index (κ1) is 19.8. The Morgan fingerprint density at radius 3 is 2.08 bits per heavy atom. The van der Waals surface area contributed by atoms with Gasteiger partial charge in [0.1, 0.15) is 18.0 Å². The van der Waals surface area contributed by atoms with Crippen LogP contribution >= 0.6 is 0 Å². The second-order valence-electron chi connectivity index (χ2n) is 6.10. The minimum Gasteiger partial charge on any atom is -0.492 e. The molecule has 0 saturated carbocycles. The summed E-state index contributed by atoms with van der Waals surface area (Å²) in [7, 11) is 1.54. The quantitative estimate of drug-likeness (QED) is 0.763. The average molecular weight is 347 g/mol. The fourth-order valence-electron chi connectivity index (χ4n) is 1.60. The van der Waals surface area contributed by atoms with E-state index in [0.29, 0.717) is 5.75 Å². The number of hydrogen-bond donors (Lipinski definition) is 0. The summed E-state index contributed by atoms with van der Waals surface area (Å²) in [6, 6.07) is 4.63. The number of Topliss-reactive ketones (excluding diaryl/α,β-unsaturated/α-hetero) is 1. The van der Waals surface area contributed by atoms with E-state index in [1.54, 1.807) is 27.8 Å². The molecule has 1 aromatic rings. The first-order chi connectivity index (χ1) is 10.9. The summed E-state index contributed by atoms with van der Waals surface area (Å²) in [5, 5.41) is 0. The van der Waals surface area contributed by atoms with E-state index in [1.165, 1.54) is 17.0 Å². The molecule has 5 nitrogen and oxygen atoms in total. The SMILES string of the molecule is CN(CCOc1ccc(C(=O)C(F)(F)F)cc1)C(=O)OC(C)(C)C. The van der Waals surface area contributed by atoms with Crippen LogP contribution in [0.3, 0.4) is 0 Å². The first-order valence-corrected chi connectivity index (χ1v) is 7.18. The molecule has 1 aromatic carbocycles. The van der Waals surface area contributed by atoms with E-state index >= 15 is 0 Å². The van der Waals surface area contributed by atoms with Crippen molar-refractivity contribution in [1.82, 2.24) is 4.90 Å². The van der Waals surface area contributed by atoms with Crippen molar-refractivity contribution in [1.29, 1.82) is 0 Å². The number of benzene rings is 1. The Hall–Kier alpha value is -2.25. The third kappa shape index (κ3) is 6.47. The third-order valence-electron chi connectivity index (χ3n) is 2.77. The van der Waals surface area contributed by atoms with Crippen LogP contribution in [-0.2, 0) is 4.74 Å². The molecule has 0 unspecified atom stereocenters. The topological polar surface area (TPSA) is 55.8 Å². The zero-order valence-corrected chi connectivity index (χ0v) is 13.9. The molecule has 1 rings (SSSR count). The number of carbonyl (C=O) groups excluding carboxylic acids is 2. The molecule has 0 aromatic heterocycles. The van der Waals surface area contributed by atoms with Crippen molar-refractivity contribution in [3.05, 3.63) is 29.8 Å². The van der Waals surface area contributed by atoms with Crippen LogP contribution in [0, 0.1) is 0 Å². The van der Waals surface area contributed by atoms with Gasteiger partial charge in [0.15, 0.2) is 0 Å². The minimum atomic E-state index is -4.90. The highest BCUT2D eigenvalue weighted by Gasteiger charge is 2.39. The van der Waals surface area contributed by atoms with Gasteiger partial charge in [-0.2, -0.15) is 13.2 Å². The van der Waals surface area contributed by atoms with Gasteiger partial charge in [0.25, 0.3) is 5.78 Å². The van der Waals surface area contributed by atoms with Crippen LogP contribution in [0.2, 0.25) is 0 Å². The zero-order chi connectivity index (χ0) is 18.5. The standard InChI is InChI=1S/C16H20F3NO4/c1-15(2,3)24-14(22)20(4)9-10-23-12-7-5-11(6-8-12)13(21)16(17,18)19/h5-8H,9-10H2,1-4H3. The van der Waals surface area contributed by atoms with Gasteiger partial charge in [0, 0.05) is 12.6 Å². The molecule has 0 heterocycles. The summed E-state index contributed by atoms with van der Waals surface area (Å²) in [6.07, 6.45) is -5.41. The number of amides is 1. The molecule has 0 radical (unpaired) electrons. The average Bonchev–Trinajstić information content (AvgIpc) is 2.44. The number of rotatable bonds is 5. The summed E-state index contributed by atoms with van der Waals surface area (Å²) in [6.45, 7) is 5.61. The molecular weight excluding hydrogens is 327 g/mol. The van der Waals surface area contributed by atoms with Crippen molar-refractivity contribution in [2.75, 3.05) is 20.2 Å². The molecule has 0 atom stereocenters. The Kier molecular flexibility index (Phi) is 6.22. The molecule has 0 saturated heterocycles. The largest absolute Gasteiger partial charge is 0.492 e. The Labute approximate surface area is 138 Å². The maximum Gasteiger partial charge on any atom is 0.454 e. The number of carbonyl (C=O) groups is 2. The molecule has 0 bridgehead atoms. The van der Waals surface area contributed by atoms with Crippen LogP contribution in [0.1, 0.15) is 31.1 Å². The normalized spacial score (nSPS) is 11.8. The minimum absolute atomic E-state index is 0.127. The molecular formula is C16H20F3NO4. The van der Waals surface area contributed by atoms with Crippen molar-refractivity contribution in [3.63, 3.8) is 0 Å². The summed E-state index contributed by atoms with van der Waals surface area (Å²) < 4.78 is 47.4. The van der Waals surface area contributed by atoms with Crippen molar-refractivity contribution in [2.24, 2.45) is 0 Å². The van der Waals surface area contributed by atoms with Crippen molar-refractivity contribution in [3.8, 4) is 5.75 Å². The molecule has 134 valence electrons. The first-order valence-electron chi connectivity index (χ1n) is 7.18. The summed E-state index contributed by atoms with van der Waals surface area (Å²) in [5.41, 5.74) is -1.06. The lowest BCUT2D eigenvalue weighted by Gasteiger charge is -2.24. The Bertz CT molecular complexity index is 576. The van der Waals surface area contributed by atoms with Gasteiger partial charge in [0.2, 0.25) is 0 Å². The maximum atomic E-state index is 12.3.